The maximum Gasteiger partial charge on any atom is 0.255 e. The van der Waals surface area contributed by atoms with Gasteiger partial charge in [0.2, 0.25) is 11.8 Å². The predicted molar refractivity (Wildman–Crippen MR) is 113 cm³/mol. The van der Waals surface area contributed by atoms with Gasteiger partial charge in [0.05, 0.1) is 11.3 Å². The van der Waals surface area contributed by atoms with E-state index in [0.29, 0.717) is 23.1 Å². The Morgan fingerprint density at radius 3 is 2.21 bits per heavy atom. The molecule has 0 spiro atoms. The molecule has 2 N–H and O–H groups in total. The molecule has 0 aliphatic carbocycles. The van der Waals surface area contributed by atoms with E-state index < -0.39 is 6.04 Å². The Hall–Kier alpha value is -2.37. The minimum Gasteiger partial charge on any atom is -0.345 e. The molecule has 1 aliphatic rings. The first kappa shape index (κ1) is 23.7. The van der Waals surface area contributed by atoms with Crippen molar-refractivity contribution < 1.29 is 14.4 Å². The van der Waals surface area contributed by atoms with Gasteiger partial charge in [-0.15, -0.1) is 0 Å². The van der Waals surface area contributed by atoms with Crippen LogP contribution < -0.4 is 10.6 Å². The maximum absolute atomic E-state index is 13.1. The minimum atomic E-state index is -0.674. The SMILES string of the molecule is CC.CC(=O)NC(C)C(=O)Nc1ccc(C)cc1C(=O)N1C[C@H](C)C[C@H](C)C1. The van der Waals surface area contributed by atoms with E-state index in [1.54, 1.807) is 13.0 Å². The normalized spacial score (nSPS) is 19.8. The van der Waals surface area contributed by atoms with E-state index in [1.807, 2.05) is 37.8 Å². The van der Waals surface area contributed by atoms with Gasteiger partial charge in [-0.1, -0.05) is 39.3 Å². The molecule has 3 amide bonds. The summed E-state index contributed by atoms with van der Waals surface area (Å²) in [6.45, 7) is 14.7. The van der Waals surface area contributed by atoms with Crippen molar-refractivity contribution in [2.45, 2.75) is 60.9 Å². The van der Waals surface area contributed by atoms with Crippen LogP contribution in [0.25, 0.3) is 0 Å². The number of nitrogens with one attached hydrogen (secondary N) is 2. The Balaban J connectivity index is 0.00000190. The lowest BCUT2D eigenvalue weighted by atomic mass is 9.91. The topological polar surface area (TPSA) is 78.5 Å². The second-order valence-corrected chi connectivity index (χ2v) is 7.62. The Labute approximate surface area is 169 Å². The van der Waals surface area contributed by atoms with E-state index in [1.165, 1.54) is 6.92 Å². The minimum absolute atomic E-state index is 0.0606. The quantitative estimate of drug-likeness (QED) is 0.826. The van der Waals surface area contributed by atoms with Gasteiger partial charge in [0.15, 0.2) is 0 Å². The molecule has 1 aromatic rings. The fraction of sp³-hybridized carbons (Fsp3) is 0.591. The number of carbonyl (C=O) groups is 3. The molecule has 1 unspecified atom stereocenters. The number of hydrogen-bond donors (Lipinski definition) is 2. The smallest absolute Gasteiger partial charge is 0.255 e. The Morgan fingerprint density at radius 2 is 1.68 bits per heavy atom. The van der Waals surface area contributed by atoms with Crippen molar-refractivity contribution in [3.05, 3.63) is 29.3 Å². The van der Waals surface area contributed by atoms with Crippen LogP contribution in [0.4, 0.5) is 5.69 Å². The highest BCUT2D eigenvalue weighted by atomic mass is 16.2. The molecule has 6 heteroatoms. The summed E-state index contributed by atoms with van der Waals surface area (Å²) in [7, 11) is 0. The van der Waals surface area contributed by atoms with Gasteiger partial charge < -0.3 is 15.5 Å². The van der Waals surface area contributed by atoms with Crippen LogP contribution in [-0.2, 0) is 9.59 Å². The number of rotatable bonds is 4. The summed E-state index contributed by atoms with van der Waals surface area (Å²) in [4.78, 5) is 38.5. The highest BCUT2D eigenvalue weighted by molar-refractivity contribution is 6.05. The molecule has 3 atom stereocenters. The van der Waals surface area contributed by atoms with Crippen LogP contribution in [0, 0.1) is 18.8 Å². The first-order chi connectivity index (χ1) is 13.2. The summed E-state index contributed by atoms with van der Waals surface area (Å²) in [6, 6.07) is 4.74. The largest absolute Gasteiger partial charge is 0.345 e. The number of aryl methyl sites for hydroxylation is 1. The highest BCUT2D eigenvalue weighted by Crippen LogP contribution is 2.25. The molecule has 0 radical (unpaired) electrons. The van der Waals surface area contributed by atoms with Gasteiger partial charge in [0.25, 0.3) is 5.91 Å². The first-order valence-electron chi connectivity index (χ1n) is 10.1. The Morgan fingerprint density at radius 1 is 1.11 bits per heavy atom. The summed E-state index contributed by atoms with van der Waals surface area (Å²) < 4.78 is 0. The second-order valence-electron chi connectivity index (χ2n) is 7.62. The fourth-order valence-electron chi connectivity index (χ4n) is 3.55. The zero-order chi connectivity index (χ0) is 21.4. The molecule has 1 saturated heterocycles. The van der Waals surface area contributed by atoms with E-state index >= 15 is 0 Å². The lowest BCUT2D eigenvalue weighted by Crippen LogP contribution is -2.43. The molecule has 6 nitrogen and oxygen atoms in total. The van der Waals surface area contributed by atoms with Crippen molar-refractivity contribution in [3.63, 3.8) is 0 Å². The van der Waals surface area contributed by atoms with Crippen LogP contribution >= 0.6 is 0 Å². The molecule has 156 valence electrons. The van der Waals surface area contributed by atoms with Crippen LogP contribution in [-0.4, -0.2) is 41.8 Å². The molecule has 28 heavy (non-hydrogen) atoms. The third-order valence-electron chi connectivity index (χ3n) is 4.63. The molecule has 0 bridgehead atoms. The summed E-state index contributed by atoms with van der Waals surface area (Å²) in [5, 5.41) is 5.34. The predicted octanol–water partition coefficient (Wildman–Crippen LogP) is 3.60. The molecule has 0 saturated carbocycles. The molecule has 0 aromatic heterocycles. The Kier molecular flexibility index (Phi) is 9.16. The molecule has 1 aliphatic heterocycles. The van der Waals surface area contributed by atoms with E-state index in [2.05, 4.69) is 24.5 Å². The number of benzene rings is 1. The van der Waals surface area contributed by atoms with Gasteiger partial charge in [0, 0.05) is 20.0 Å². The van der Waals surface area contributed by atoms with E-state index in [4.69, 9.17) is 0 Å². The molecule has 1 aromatic carbocycles. The van der Waals surface area contributed by atoms with Crippen molar-refractivity contribution in [1.82, 2.24) is 10.2 Å². The van der Waals surface area contributed by atoms with Gasteiger partial charge in [-0.3, -0.25) is 14.4 Å². The molecular weight excluding hydrogens is 354 g/mol. The zero-order valence-electron chi connectivity index (χ0n) is 18.3. The number of anilines is 1. The molecular formula is C22H35N3O3. The number of amides is 3. The van der Waals surface area contributed by atoms with Crippen LogP contribution in [0.5, 0.6) is 0 Å². The van der Waals surface area contributed by atoms with Crippen molar-refractivity contribution in [2.24, 2.45) is 11.8 Å². The van der Waals surface area contributed by atoms with Crippen LogP contribution in [0.1, 0.15) is 63.9 Å². The zero-order valence-corrected chi connectivity index (χ0v) is 18.3. The summed E-state index contributed by atoms with van der Waals surface area (Å²) in [5.74, 6) is 0.243. The van der Waals surface area contributed by atoms with E-state index in [9.17, 15) is 14.4 Å². The first-order valence-corrected chi connectivity index (χ1v) is 10.1. The number of carbonyl (C=O) groups excluding carboxylic acids is 3. The van der Waals surface area contributed by atoms with Gasteiger partial charge in [-0.05, 0) is 44.2 Å². The standard InChI is InChI=1S/C20H29N3O3.C2H6/c1-12-6-7-18(22-19(25)15(4)21-16(5)24)17(9-12)20(26)23-10-13(2)8-14(3)11-23;1-2/h6-7,9,13-15H,8,10-11H2,1-5H3,(H,21,24)(H,22,25);1-2H3/t13-,14+,15?;. The number of nitrogens with zero attached hydrogens (tertiary/aromatic N) is 1. The second kappa shape index (κ2) is 10.8. The van der Waals surface area contributed by atoms with Crippen molar-refractivity contribution in [3.8, 4) is 0 Å². The monoisotopic (exact) mass is 389 g/mol. The molecule has 1 heterocycles. The van der Waals surface area contributed by atoms with Gasteiger partial charge in [0.1, 0.15) is 6.04 Å². The average Bonchev–Trinajstić information content (AvgIpc) is 2.62. The van der Waals surface area contributed by atoms with Crippen molar-refractivity contribution >= 4 is 23.4 Å². The maximum atomic E-state index is 13.1. The third kappa shape index (κ3) is 6.66. The van der Waals surface area contributed by atoms with Gasteiger partial charge in [-0.2, -0.15) is 0 Å². The molecule has 1 fully saturated rings. The number of likely N-dealkylation sites (tertiary alicyclic amines) is 1. The average molecular weight is 390 g/mol. The lowest BCUT2D eigenvalue weighted by molar-refractivity contribution is -0.124. The van der Waals surface area contributed by atoms with Crippen LogP contribution in [0.15, 0.2) is 18.2 Å². The van der Waals surface area contributed by atoms with Crippen LogP contribution in [0.2, 0.25) is 0 Å². The highest BCUT2D eigenvalue weighted by Gasteiger charge is 2.28. The Bertz CT molecular complexity index is 692. The fourth-order valence-corrected chi connectivity index (χ4v) is 3.55. The van der Waals surface area contributed by atoms with Gasteiger partial charge >= 0.3 is 0 Å². The van der Waals surface area contributed by atoms with E-state index in [-0.39, 0.29) is 17.7 Å². The van der Waals surface area contributed by atoms with E-state index in [0.717, 1.165) is 25.1 Å². The van der Waals surface area contributed by atoms with Crippen LogP contribution in [0.3, 0.4) is 0 Å². The molecule has 2 rings (SSSR count). The summed E-state index contributed by atoms with van der Waals surface area (Å²) >= 11 is 0. The van der Waals surface area contributed by atoms with Crippen molar-refractivity contribution in [1.29, 1.82) is 0 Å². The summed E-state index contributed by atoms with van der Waals surface area (Å²) in [5.41, 5.74) is 1.93. The summed E-state index contributed by atoms with van der Waals surface area (Å²) in [6.07, 6.45) is 1.12. The number of hydrogen-bond acceptors (Lipinski definition) is 3. The van der Waals surface area contributed by atoms with Gasteiger partial charge in [-0.25, -0.2) is 0 Å². The third-order valence-corrected chi connectivity index (χ3v) is 4.63. The lowest BCUT2D eigenvalue weighted by Gasteiger charge is -2.35. The van der Waals surface area contributed by atoms with Crippen molar-refractivity contribution in [2.75, 3.05) is 18.4 Å². The number of piperidine rings is 1.